The minimum Gasteiger partial charge on any atom is -0.399 e. The van der Waals surface area contributed by atoms with Crippen molar-refractivity contribution in [1.82, 2.24) is 0 Å². The summed E-state index contributed by atoms with van der Waals surface area (Å²) in [7, 11) is -4.15. The number of nitrogens with one attached hydrogen (secondary N) is 1. The molecule has 0 saturated carbocycles. The molecule has 0 spiro atoms. The topological polar surface area (TPSA) is 72.2 Å². The monoisotopic (exact) mass is 312 g/mol. The lowest BCUT2D eigenvalue weighted by Crippen LogP contribution is -2.16. The van der Waals surface area contributed by atoms with Gasteiger partial charge in [0.15, 0.2) is 0 Å². The Morgan fingerprint density at radius 1 is 1.05 bits per heavy atom. The summed E-state index contributed by atoms with van der Waals surface area (Å²) in [4.78, 5) is -0.612. The Labute approximate surface area is 121 Å². The van der Waals surface area contributed by atoms with E-state index in [1.807, 2.05) is 0 Å². The highest BCUT2D eigenvalue weighted by molar-refractivity contribution is 7.92. The maximum absolute atomic E-state index is 13.6. The van der Waals surface area contributed by atoms with Crippen molar-refractivity contribution in [2.24, 2.45) is 0 Å². The van der Waals surface area contributed by atoms with E-state index in [4.69, 9.17) is 5.73 Å². The van der Waals surface area contributed by atoms with Gasteiger partial charge in [-0.2, -0.15) is 0 Å². The van der Waals surface area contributed by atoms with Crippen molar-refractivity contribution in [2.45, 2.75) is 18.7 Å². The van der Waals surface area contributed by atoms with Gasteiger partial charge < -0.3 is 5.73 Å². The average Bonchev–Trinajstić information content (AvgIpc) is 2.33. The molecule has 0 unspecified atom stereocenters. The number of halogens is 2. The third-order valence-electron chi connectivity index (χ3n) is 2.97. The van der Waals surface area contributed by atoms with Gasteiger partial charge in [0.2, 0.25) is 0 Å². The first-order valence-electron chi connectivity index (χ1n) is 6.05. The van der Waals surface area contributed by atoms with Crippen molar-refractivity contribution in [3.63, 3.8) is 0 Å². The molecule has 21 heavy (non-hydrogen) atoms. The molecule has 2 rings (SSSR count). The van der Waals surface area contributed by atoms with Gasteiger partial charge in [0.25, 0.3) is 10.0 Å². The van der Waals surface area contributed by atoms with Crippen LogP contribution in [-0.2, 0) is 10.0 Å². The molecule has 0 aromatic heterocycles. The molecule has 112 valence electrons. The standard InChI is InChI=1S/C14H14F2N2O2S/c1-8-5-11(17)6-9(2)14(8)18-21(19,20)13-4-3-10(15)7-12(13)16/h3-7,18H,17H2,1-2H3. The molecule has 0 fully saturated rings. The molecule has 2 aromatic carbocycles. The van der Waals surface area contributed by atoms with Crippen LogP contribution in [0.15, 0.2) is 35.2 Å². The number of benzene rings is 2. The van der Waals surface area contributed by atoms with Crippen LogP contribution in [0.2, 0.25) is 0 Å². The third-order valence-corrected chi connectivity index (χ3v) is 4.36. The lowest BCUT2D eigenvalue weighted by molar-refractivity contribution is 0.551. The normalized spacial score (nSPS) is 11.4. The van der Waals surface area contributed by atoms with Gasteiger partial charge in [-0.05, 0) is 49.2 Å². The number of hydrogen-bond acceptors (Lipinski definition) is 3. The molecule has 0 heterocycles. The van der Waals surface area contributed by atoms with E-state index in [2.05, 4.69) is 4.72 Å². The van der Waals surface area contributed by atoms with Crippen LogP contribution in [0.4, 0.5) is 20.2 Å². The molecule has 0 radical (unpaired) electrons. The highest BCUT2D eigenvalue weighted by atomic mass is 32.2. The van der Waals surface area contributed by atoms with Gasteiger partial charge in [-0.1, -0.05) is 0 Å². The summed E-state index contributed by atoms with van der Waals surface area (Å²) in [5.74, 6) is -1.99. The summed E-state index contributed by atoms with van der Waals surface area (Å²) in [6, 6.07) is 5.50. The maximum atomic E-state index is 13.6. The van der Waals surface area contributed by atoms with Crippen molar-refractivity contribution in [3.05, 3.63) is 53.1 Å². The van der Waals surface area contributed by atoms with Crippen molar-refractivity contribution in [2.75, 3.05) is 10.5 Å². The number of anilines is 2. The van der Waals surface area contributed by atoms with Gasteiger partial charge in [0, 0.05) is 11.8 Å². The van der Waals surface area contributed by atoms with Crippen molar-refractivity contribution < 1.29 is 17.2 Å². The summed E-state index contributed by atoms with van der Waals surface area (Å²) in [5, 5.41) is 0. The minimum absolute atomic E-state index is 0.327. The summed E-state index contributed by atoms with van der Waals surface area (Å²) in [6.07, 6.45) is 0. The fourth-order valence-corrected chi connectivity index (χ4v) is 3.30. The van der Waals surface area contributed by atoms with Crippen LogP contribution in [-0.4, -0.2) is 8.42 Å². The first kappa shape index (κ1) is 15.2. The lowest BCUT2D eigenvalue weighted by atomic mass is 10.1. The summed E-state index contributed by atoms with van der Waals surface area (Å²) in [5.41, 5.74) is 7.71. The maximum Gasteiger partial charge on any atom is 0.264 e. The zero-order chi connectivity index (χ0) is 15.8. The number of aryl methyl sites for hydroxylation is 2. The molecule has 3 N–H and O–H groups in total. The van der Waals surface area contributed by atoms with Crippen LogP contribution in [0, 0.1) is 25.5 Å². The van der Waals surface area contributed by atoms with Crippen molar-refractivity contribution in [1.29, 1.82) is 0 Å². The summed E-state index contributed by atoms with van der Waals surface area (Å²) in [6.45, 7) is 3.37. The van der Waals surface area contributed by atoms with Crippen LogP contribution < -0.4 is 10.5 Å². The van der Waals surface area contributed by atoms with Gasteiger partial charge in [0.05, 0.1) is 5.69 Å². The Morgan fingerprint density at radius 3 is 2.14 bits per heavy atom. The summed E-state index contributed by atoms with van der Waals surface area (Å²) >= 11 is 0. The largest absolute Gasteiger partial charge is 0.399 e. The van der Waals surface area contributed by atoms with E-state index < -0.39 is 26.6 Å². The van der Waals surface area contributed by atoms with E-state index in [0.29, 0.717) is 28.6 Å². The number of nitrogens with two attached hydrogens (primary N) is 1. The van der Waals surface area contributed by atoms with E-state index >= 15 is 0 Å². The van der Waals surface area contributed by atoms with Crippen LogP contribution in [0.3, 0.4) is 0 Å². The van der Waals surface area contributed by atoms with Crippen LogP contribution in [0.5, 0.6) is 0 Å². The number of rotatable bonds is 3. The number of nitrogen functional groups attached to an aromatic ring is 1. The molecule has 7 heteroatoms. The van der Waals surface area contributed by atoms with Crippen LogP contribution in [0.1, 0.15) is 11.1 Å². The summed E-state index contributed by atoms with van der Waals surface area (Å²) < 4.78 is 53.3. The molecule has 4 nitrogen and oxygen atoms in total. The van der Waals surface area contributed by atoms with E-state index in [-0.39, 0.29) is 0 Å². The van der Waals surface area contributed by atoms with Crippen molar-refractivity contribution >= 4 is 21.4 Å². The third kappa shape index (κ3) is 3.13. The van der Waals surface area contributed by atoms with Gasteiger partial charge in [-0.3, -0.25) is 4.72 Å². The Bertz CT molecular complexity index is 782. The second-order valence-corrected chi connectivity index (χ2v) is 6.36. The zero-order valence-electron chi connectivity index (χ0n) is 11.4. The minimum atomic E-state index is -4.15. The van der Waals surface area contributed by atoms with Crippen molar-refractivity contribution in [3.8, 4) is 0 Å². The quantitative estimate of drug-likeness (QED) is 0.856. The Balaban J connectivity index is 2.47. The molecule has 2 aromatic rings. The fraction of sp³-hybridized carbons (Fsp3) is 0.143. The Hall–Kier alpha value is -2.15. The highest BCUT2D eigenvalue weighted by Gasteiger charge is 2.21. The van der Waals surface area contributed by atoms with Crippen LogP contribution >= 0.6 is 0 Å². The zero-order valence-corrected chi connectivity index (χ0v) is 12.3. The predicted octanol–water partition coefficient (Wildman–Crippen LogP) is 2.96. The molecule has 0 amide bonds. The molecule has 0 aliphatic carbocycles. The van der Waals surface area contributed by atoms with Gasteiger partial charge in [0.1, 0.15) is 16.5 Å². The smallest absolute Gasteiger partial charge is 0.264 e. The van der Waals surface area contributed by atoms with E-state index in [0.717, 1.165) is 12.1 Å². The molecular formula is C14H14F2N2O2S. The second kappa shape index (κ2) is 5.33. The van der Waals surface area contributed by atoms with E-state index in [1.165, 1.54) is 0 Å². The first-order valence-corrected chi connectivity index (χ1v) is 7.53. The Kier molecular flexibility index (Phi) is 3.87. The second-order valence-electron chi connectivity index (χ2n) is 4.71. The fourth-order valence-electron chi connectivity index (χ4n) is 2.04. The van der Waals surface area contributed by atoms with E-state index in [9.17, 15) is 17.2 Å². The number of hydrogen-bond donors (Lipinski definition) is 2. The SMILES string of the molecule is Cc1cc(N)cc(C)c1NS(=O)(=O)c1ccc(F)cc1F. The number of sulfonamides is 1. The lowest BCUT2D eigenvalue weighted by Gasteiger charge is -2.14. The molecule has 0 aliphatic heterocycles. The van der Waals surface area contributed by atoms with E-state index in [1.54, 1.807) is 26.0 Å². The average molecular weight is 312 g/mol. The first-order chi connectivity index (χ1) is 9.70. The Morgan fingerprint density at radius 2 is 1.62 bits per heavy atom. The molecule has 0 bridgehead atoms. The van der Waals surface area contributed by atoms with Gasteiger partial charge in [-0.15, -0.1) is 0 Å². The molecule has 0 atom stereocenters. The molecular weight excluding hydrogens is 298 g/mol. The van der Waals surface area contributed by atoms with Gasteiger partial charge in [-0.25, -0.2) is 17.2 Å². The predicted molar refractivity (Wildman–Crippen MR) is 77.5 cm³/mol. The van der Waals surface area contributed by atoms with Gasteiger partial charge >= 0.3 is 0 Å². The molecule has 0 aliphatic rings. The molecule has 0 saturated heterocycles. The highest BCUT2D eigenvalue weighted by Crippen LogP contribution is 2.27. The van der Waals surface area contributed by atoms with Crippen LogP contribution in [0.25, 0.3) is 0 Å².